The molecule has 5 rings (SSSR count). The first-order valence-electron chi connectivity index (χ1n) is 12.3. The molecule has 2 aromatic carbocycles. The number of aliphatic hydroxyl groups is 1. The van der Waals surface area contributed by atoms with Crippen molar-refractivity contribution in [1.82, 2.24) is 14.9 Å². The van der Waals surface area contributed by atoms with E-state index in [0.29, 0.717) is 37.6 Å². The molecular formula is C28H30F2N4O2. The van der Waals surface area contributed by atoms with Crippen LogP contribution in [0.3, 0.4) is 0 Å². The fourth-order valence-electron chi connectivity index (χ4n) is 6.02. The maximum absolute atomic E-state index is 14.9. The topological polar surface area (TPSA) is 69.6 Å². The van der Waals surface area contributed by atoms with Crippen molar-refractivity contribution in [3.05, 3.63) is 89.9 Å². The number of anilines is 1. The fraction of sp³-hybridized carbons (Fsp3) is 0.393. The number of halogens is 2. The van der Waals surface area contributed by atoms with Crippen LogP contribution in [0, 0.1) is 29.4 Å². The monoisotopic (exact) mass is 492 g/mol. The summed E-state index contributed by atoms with van der Waals surface area (Å²) in [6.45, 7) is 5.43. The molecule has 6 nitrogen and oxygen atoms in total. The van der Waals surface area contributed by atoms with Crippen molar-refractivity contribution in [3.63, 3.8) is 0 Å². The standard InChI is InChI=1S/C28H30F2N4O2/c1-18-13-34(14-19(2)28(18,36)20-6-4-3-5-7-20)27(35)24-16-33(26-10-11-31-17-32-26)15-23(24)22-9-8-21(29)12-25(22)30/h3-12,17-19,23-24,36H,13-16H2,1-2H3/t18-,19+,23-,24+,28?/m0/s1. The zero-order valence-corrected chi connectivity index (χ0v) is 20.4. The number of carbonyl (C=O) groups is 1. The van der Waals surface area contributed by atoms with Gasteiger partial charge in [0.15, 0.2) is 0 Å². The second kappa shape index (κ2) is 9.58. The van der Waals surface area contributed by atoms with Crippen molar-refractivity contribution in [2.75, 3.05) is 31.1 Å². The molecule has 5 atom stereocenters. The van der Waals surface area contributed by atoms with Crippen molar-refractivity contribution in [2.45, 2.75) is 25.4 Å². The van der Waals surface area contributed by atoms with Crippen LogP contribution in [0.5, 0.6) is 0 Å². The molecule has 188 valence electrons. The van der Waals surface area contributed by atoms with E-state index in [0.717, 1.165) is 11.6 Å². The molecular weight excluding hydrogens is 462 g/mol. The smallest absolute Gasteiger partial charge is 0.228 e. The van der Waals surface area contributed by atoms with E-state index >= 15 is 0 Å². The molecule has 2 aliphatic rings. The van der Waals surface area contributed by atoms with Gasteiger partial charge in [-0.3, -0.25) is 4.79 Å². The van der Waals surface area contributed by atoms with Crippen molar-refractivity contribution in [2.24, 2.45) is 17.8 Å². The van der Waals surface area contributed by atoms with E-state index in [1.807, 2.05) is 49.1 Å². The third kappa shape index (κ3) is 4.23. The lowest BCUT2D eigenvalue weighted by Crippen LogP contribution is -2.57. The highest BCUT2D eigenvalue weighted by Gasteiger charge is 2.49. The Kier molecular flexibility index (Phi) is 6.47. The number of aromatic nitrogens is 2. The van der Waals surface area contributed by atoms with Crippen molar-refractivity contribution in [3.8, 4) is 0 Å². The van der Waals surface area contributed by atoms with Crippen LogP contribution < -0.4 is 4.90 Å². The van der Waals surface area contributed by atoms with Gasteiger partial charge in [0, 0.05) is 56.2 Å². The first kappa shape index (κ1) is 24.3. The van der Waals surface area contributed by atoms with E-state index in [9.17, 15) is 18.7 Å². The van der Waals surface area contributed by atoms with Gasteiger partial charge in [0.25, 0.3) is 0 Å². The summed E-state index contributed by atoms with van der Waals surface area (Å²) in [5, 5.41) is 11.7. The summed E-state index contributed by atoms with van der Waals surface area (Å²) in [6.07, 6.45) is 3.07. The molecule has 0 aliphatic carbocycles. The Hall–Kier alpha value is -3.39. The van der Waals surface area contributed by atoms with Gasteiger partial charge in [-0.2, -0.15) is 0 Å². The van der Waals surface area contributed by atoms with E-state index in [2.05, 4.69) is 9.97 Å². The predicted molar refractivity (Wildman–Crippen MR) is 132 cm³/mol. The number of piperidine rings is 1. The zero-order valence-electron chi connectivity index (χ0n) is 20.4. The van der Waals surface area contributed by atoms with Crippen LogP contribution in [0.1, 0.15) is 30.9 Å². The largest absolute Gasteiger partial charge is 0.384 e. The number of hydrogen-bond donors (Lipinski definition) is 1. The Labute approximate surface area is 209 Å². The molecule has 0 bridgehead atoms. The van der Waals surface area contributed by atoms with Crippen LogP contribution in [0.4, 0.5) is 14.6 Å². The van der Waals surface area contributed by atoms with Gasteiger partial charge in [-0.05, 0) is 23.3 Å². The third-order valence-corrected chi connectivity index (χ3v) is 7.93. The molecule has 3 heterocycles. The average molecular weight is 493 g/mol. The Balaban J connectivity index is 1.43. The van der Waals surface area contributed by atoms with Crippen LogP contribution in [0.15, 0.2) is 67.1 Å². The second-order valence-electron chi connectivity index (χ2n) is 10.1. The van der Waals surface area contributed by atoms with E-state index in [1.165, 1.54) is 18.5 Å². The summed E-state index contributed by atoms with van der Waals surface area (Å²) in [5.74, 6) is -2.14. The molecule has 2 fully saturated rings. The van der Waals surface area contributed by atoms with Crippen LogP contribution in [-0.4, -0.2) is 52.1 Å². The van der Waals surface area contributed by atoms with Gasteiger partial charge in [-0.15, -0.1) is 0 Å². The molecule has 2 saturated heterocycles. The lowest BCUT2D eigenvalue weighted by molar-refractivity contribution is -0.152. The minimum atomic E-state index is -1.05. The predicted octanol–water partition coefficient (Wildman–Crippen LogP) is 3.98. The number of likely N-dealkylation sites (tertiary alicyclic amines) is 1. The molecule has 0 radical (unpaired) electrons. The molecule has 0 spiro atoms. The van der Waals surface area contributed by atoms with Gasteiger partial charge < -0.3 is 14.9 Å². The van der Waals surface area contributed by atoms with Crippen LogP contribution in [0.25, 0.3) is 0 Å². The molecule has 2 aliphatic heterocycles. The fourth-order valence-corrected chi connectivity index (χ4v) is 6.02. The summed E-state index contributed by atoms with van der Waals surface area (Å²) >= 11 is 0. The highest BCUT2D eigenvalue weighted by molar-refractivity contribution is 5.82. The summed E-state index contributed by atoms with van der Waals surface area (Å²) in [5.41, 5.74) is 0.118. The molecule has 3 aromatic rings. The summed E-state index contributed by atoms with van der Waals surface area (Å²) in [4.78, 5) is 26.0. The average Bonchev–Trinajstić information content (AvgIpc) is 3.32. The van der Waals surface area contributed by atoms with Gasteiger partial charge in [0.1, 0.15) is 23.8 Å². The lowest BCUT2D eigenvalue weighted by atomic mass is 9.70. The lowest BCUT2D eigenvalue weighted by Gasteiger charge is -2.48. The van der Waals surface area contributed by atoms with Crippen molar-refractivity contribution >= 4 is 11.7 Å². The molecule has 1 amide bonds. The quantitative estimate of drug-likeness (QED) is 0.597. The highest BCUT2D eigenvalue weighted by Crippen LogP contribution is 2.43. The van der Waals surface area contributed by atoms with Crippen LogP contribution >= 0.6 is 0 Å². The van der Waals surface area contributed by atoms with Gasteiger partial charge in [0.05, 0.1) is 11.5 Å². The van der Waals surface area contributed by atoms with Crippen LogP contribution in [-0.2, 0) is 10.4 Å². The number of rotatable bonds is 4. The second-order valence-corrected chi connectivity index (χ2v) is 10.1. The number of hydrogen-bond acceptors (Lipinski definition) is 5. The maximum Gasteiger partial charge on any atom is 0.228 e. The van der Waals surface area contributed by atoms with E-state index in [1.54, 1.807) is 17.2 Å². The summed E-state index contributed by atoms with van der Waals surface area (Å²) in [7, 11) is 0. The third-order valence-electron chi connectivity index (χ3n) is 7.93. The first-order chi connectivity index (χ1) is 17.3. The SMILES string of the molecule is C[C@@H]1CN(C(=O)[C@@H]2CN(c3ccncn3)C[C@H]2c2ccc(F)cc2F)C[C@H](C)C1(O)c1ccccc1. The Morgan fingerprint density at radius 2 is 1.72 bits per heavy atom. The molecule has 1 aromatic heterocycles. The Morgan fingerprint density at radius 3 is 2.36 bits per heavy atom. The van der Waals surface area contributed by atoms with Gasteiger partial charge >= 0.3 is 0 Å². The Bertz CT molecular complexity index is 1210. The highest BCUT2D eigenvalue weighted by atomic mass is 19.1. The molecule has 1 N–H and O–H groups in total. The maximum atomic E-state index is 14.9. The minimum absolute atomic E-state index is 0.0888. The molecule has 36 heavy (non-hydrogen) atoms. The molecule has 0 saturated carbocycles. The summed E-state index contributed by atoms with van der Waals surface area (Å²) < 4.78 is 28.5. The van der Waals surface area contributed by atoms with Gasteiger partial charge in [0.2, 0.25) is 5.91 Å². The normalized spacial score (nSPS) is 28.4. The van der Waals surface area contributed by atoms with Gasteiger partial charge in [-0.25, -0.2) is 18.7 Å². The zero-order chi connectivity index (χ0) is 25.4. The first-order valence-corrected chi connectivity index (χ1v) is 12.3. The van der Waals surface area contributed by atoms with Crippen LogP contribution in [0.2, 0.25) is 0 Å². The van der Waals surface area contributed by atoms with Crippen molar-refractivity contribution < 1.29 is 18.7 Å². The van der Waals surface area contributed by atoms with Gasteiger partial charge in [-0.1, -0.05) is 50.2 Å². The molecule has 1 unspecified atom stereocenters. The Morgan fingerprint density at radius 1 is 1.00 bits per heavy atom. The summed E-state index contributed by atoms with van der Waals surface area (Å²) in [6, 6.07) is 14.9. The van der Waals surface area contributed by atoms with E-state index < -0.39 is 29.1 Å². The van der Waals surface area contributed by atoms with Crippen molar-refractivity contribution in [1.29, 1.82) is 0 Å². The number of amides is 1. The number of carbonyl (C=O) groups excluding carboxylic acids is 1. The van der Waals surface area contributed by atoms with E-state index in [4.69, 9.17) is 0 Å². The number of benzene rings is 2. The molecule has 8 heteroatoms. The van der Waals surface area contributed by atoms with E-state index in [-0.39, 0.29) is 17.7 Å². The minimum Gasteiger partial charge on any atom is -0.384 e. The number of nitrogens with zero attached hydrogens (tertiary/aromatic N) is 4.